The van der Waals surface area contributed by atoms with E-state index in [1.54, 1.807) is 48.5 Å². The van der Waals surface area contributed by atoms with Crippen LogP contribution < -0.4 is 0 Å². The molecule has 0 aliphatic heterocycles. The second-order valence-corrected chi connectivity index (χ2v) is 5.98. The summed E-state index contributed by atoms with van der Waals surface area (Å²) >= 11 is 0. The van der Waals surface area contributed by atoms with Crippen molar-refractivity contribution in [1.29, 1.82) is 0 Å². The Hall–Kier alpha value is -0.894. The predicted octanol–water partition coefficient (Wildman–Crippen LogP) is 2.95. The Balaban J connectivity index is 0.000000364. The first-order chi connectivity index (χ1) is 9.40. The van der Waals surface area contributed by atoms with Crippen molar-refractivity contribution in [2.75, 3.05) is 0 Å². The molecular formula is C14H14MgO4S2. The number of hydrogen-bond acceptors (Lipinski definition) is 6. The molecule has 7 heteroatoms. The van der Waals surface area contributed by atoms with Crippen LogP contribution in [0.1, 0.15) is 11.1 Å². The molecule has 0 spiro atoms. The van der Waals surface area contributed by atoms with Gasteiger partial charge in [0, 0.05) is 0 Å². The third-order valence-corrected chi connectivity index (χ3v) is 3.74. The van der Waals surface area contributed by atoms with Gasteiger partial charge in [-0.3, -0.25) is 0 Å². The van der Waals surface area contributed by atoms with Crippen molar-refractivity contribution in [3.05, 3.63) is 59.7 Å². The largest absolute Gasteiger partial charge is 2.00 e. The van der Waals surface area contributed by atoms with Crippen LogP contribution in [0.2, 0.25) is 0 Å². The molecule has 0 aliphatic carbocycles. The van der Waals surface area contributed by atoms with Gasteiger partial charge in [-0.25, -0.2) is 0 Å². The Morgan fingerprint density at radius 3 is 1.00 bits per heavy atom. The van der Waals surface area contributed by atoms with Crippen LogP contribution in [0.4, 0.5) is 0 Å². The topological polar surface area (TPSA) is 68.3 Å². The summed E-state index contributed by atoms with van der Waals surface area (Å²) in [5, 5.41) is 0. The summed E-state index contributed by atoms with van der Waals surface area (Å²) in [7, 11) is -4.17. The maximum Gasteiger partial charge on any atom is 2.00 e. The van der Waals surface area contributed by atoms with Gasteiger partial charge in [-0.1, -0.05) is 69.4 Å². The van der Waals surface area contributed by atoms with Crippen molar-refractivity contribution >= 4 is 44.5 Å². The maximum absolute atomic E-state index is 10.3. The average Bonchev–Trinajstić information content (AvgIpc) is 2.40. The Morgan fingerprint density at radius 1 is 0.571 bits per heavy atom. The zero-order valence-electron chi connectivity index (χ0n) is 11.8. The summed E-state index contributed by atoms with van der Waals surface area (Å²) in [6, 6.07) is 13.4. The van der Waals surface area contributed by atoms with Crippen LogP contribution in [-0.4, -0.2) is 23.1 Å². The molecule has 0 amide bonds. The summed E-state index contributed by atoms with van der Waals surface area (Å²) in [5.41, 5.74) is 2.13. The van der Waals surface area contributed by atoms with Gasteiger partial charge in [0.2, 0.25) is 0 Å². The van der Waals surface area contributed by atoms with E-state index in [0.29, 0.717) is 9.79 Å². The molecule has 0 saturated heterocycles. The summed E-state index contributed by atoms with van der Waals surface area (Å²) in [4.78, 5) is 0.677. The molecule has 2 aromatic carbocycles. The van der Waals surface area contributed by atoms with Gasteiger partial charge in [-0.2, -0.15) is 0 Å². The monoisotopic (exact) mass is 334 g/mol. The van der Waals surface area contributed by atoms with Gasteiger partial charge < -0.3 is 16.8 Å². The fourth-order valence-corrected chi connectivity index (χ4v) is 2.02. The van der Waals surface area contributed by atoms with Crippen molar-refractivity contribution in [2.24, 2.45) is 0 Å². The van der Waals surface area contributed by atoms with Gasteiger partial charge in [0.05, 0.1) is 0 Å². The third kappa shape index (κ3) is 7.61. The minimum Gasteiger partial charge on any atom is -0.420 e. The van der Waals surface area contributed by atoms with Crippen LogP contribution in [0.5, 0.6) is 0 Å². The zero-order chi connectivity index (χ0) is 15.1. The zero-order valence-corrected chi connectivity index (χ0v) is 14.8. The van der Waals surface area contributed by atoms with E-state index in [4.69, 9.17) is 0 Å². The smallest absolute Gasteiger partial charge is 0.420 e. The standard InChI is InChI=1S/2C7H7O2S.Mg/c2*1-6-2-4-7(5-3-6)10(8)9;/h2*2-5H,1H3;/q2*-1;+2. The average molecular weight is 335 g/mol. The molecule has 0 heterocycles. The van der Waals surface area contributed by atoms with Gasteiger partial charge in [-0.05, 0) is 35.3 Å². The molecule has 0 aliphatic rings. The molecule has 2 aromatic rings. The number of hydrogen-bond donors (Lipinski definition) is 0. The molecule has 0 radical (unpaired) electrons. The summed E-state index contributed by atoms with van der Waals surface area (Å²) in [5.74, 6) is 0. The van der Waals surface area contributed by atoms with E-state index in [1.807, 2.05) is 13.8 Å². The Morgan fingerprint density at radius 2 is 0.810 bits per heavy atom. The minimum absolute atomic E-state index is 0. The Labute approximate surface area is 144 Å². The van der Waals surface area contributed by atoms with E-state index in [0.717, 1.165) is 11.1 Å². The first-order valence-electron chi connectivity index (χ1n) is 5.72. The molecular weight excluding hydrogens is 321 g/mol. The van der Waals surface area contributed by atoms with E-state index in [2.05, 4.69) is 0 Å². The Bertz CT molecular complexity index is 623. The van der Waals surface area contributed by atoms with Crippen LogP contribution in [0, 0.1) is 13.8 Å². The van der Waals surface area contributed by atoms with Gasteiger partial charge in [-0.15, -0.1) is 0 Å². The first-order valence-corrected chi connectivity index (χ1v) is 7.87. The normalized spacial score (nSPS) is 9.71. The van der Waals surface area contributed by atoms with Crippen molar-refractivity contribution in [1.82, 2.24) is 0 Å². The van der Waals surface area contributed by atoms with Crippen molar-refractivity contribution in [2.45, 2.75) is 23.6 Å². The number of rotatable bonds is 2. The summed E-state index contributed by atoms with van der Waals surface area (Å²) in [6.45, 7) is 3.83. The number of aryl methyl sites for hydroxylation is 2. The molecule has 21 heavy (non-hydrogen) atoms. The molecule has 0 saturated carbocycles. The molecule has 0 unspecified atom stereocenters. The third-order valence-electron chi connectivity index (χ3n) is 2.43. The van der Waals surface area contributed by atoms with Crippen LogP contribution in [0.15, 0.2) is 58.3 Å². The van der Waals surface area contributed by atoms with Gasteiger partial charge in [0.1, 0.15) is 0 Å². The molecule has 2 rings (SSSR count). The fourth-order valence-electron chi connectivity index (χ4n) is 1.30. The molecule has 0 aromatic heterocycles. The fraction of sp³-hybridized carbons (Fsp3) is 0.143. The van der Waals surface area contributed by atoms with Crippen molar-refractivity contribution < 1.29 is 16.8 Å². The molecule has 108 valence electrons. The maximum atomic E-state index is 10.3. The predicted molar refractivity (Wildman–Crippen MR) is 82.1 cm³/mol. The molecule has 0 atom stereocenters. The van der Waals surface area contributed by atoms with Crippen molar-refractivity contribution in [3.63, 3.8) is 0 Å². The van der Waals surface area contributed by atoms with Crippen LogP contribution in [-0.2, 0) is 38.2 Å². The molecule has 0 fully saturated rings. The summed E-state index contributed by atoms with van der Waals surface area (Å²) < 4.78 is 41.2. The van der Waals surface area contributed by atoms with Crippen molar-refractivity contribution in [3.8, 4) is 0 Å². The van der Waals surface area contributed by atoms with Crippen LogP contribution in [0.25, 0.3) is 0 Å². The van der Waals surface area contributed by atoms with Gasteiger partial charge >= 0.3 is 23.1 Å². The Kier molecular flexibility index (Phi) is 9.51. The van der Waals surface area contributed by atoms with Crippen LogP contribution >= 0.6 is 0 Å². The molecule has 0 bridgehead atoms. The van der Waals surface area contributed by atoms with E-state index in [1.165, 1.54) is 0 Å². The first kappa shape index (κ1) is 20.1. The van der Waals surface area contributed by atoms with E-state index < -0.39 is 21.4 Å². The molecule has 4 nitrogen and oxygen atoms in total. The van der Waals surface area contributed by atoms with Crippen LogP contribution in [0.3, 0.4) is 0 Å². The second kappa shape index (κ2) is 9.94. The number of benzene rings is 2. The van der Waals surface area contributed by atoms with Gasteiger partial charge in [0.15, 0.2) is 0 Å². The van der Waals surface area contributed by atoms with E-state index >= 15 is 0 Å². The van der Waals surface area contributed by atoms with E-state index in [-0.39, 0.29) is 23.1 Å². The minimum atomic E-state index is -2.09. The SMILES string of the molecule is Cc1ccc([S-](=O)=O)cc1.Cc1ccc([S-](=O)=O)cc1.[Mg+2]. The van der Waals surface area contributed by atoms with Gasteiger partial charge in [0.25, 0.3) is 0 Å². The second-order valence-electron chi connectivity index (χ2n) is 4.10. The molecule has 0 N–H and O–H groups in total. The summed E-state index contributed by atoms with van der Waals surface area (Å²) in [6.07, 6.45) is 0. The quantitative estimate of drug-likeness (QED) is 0.625. The van der Waals surface area contributed by atoms with E-state index in [9.17, 15) is 16.8 Å².